The Kier molecular flexibility index (Phi) is 1.81. The number of aromatic carboxylic acids is 1. The molecule has 14 heavy (non-hydrogen) atoms. The van der Waals surface area contributed by atoms with Gasteiger partial charge in [-0.25, -0.2) is 9.78 Å². The first-order valence-electron chi connectivity index (χ1n) is 3.88. The molecule has 0 spiro atoms. The van der Waals surface area contributed by atoms with Crippen LogP contribution in [-0.2, 0) is 0 Å². The van der Waals surface area contributed by atoms with E-state index in [1.54, 1.807) is 13.0 Å². The second-order valence-corrected chi connectivity index (χ2v) is 2.77. The molecule has 6 nitrogen and oxygen atoms in total. The topological polar surface area (TPSA) is 81.2 Å². The normalized spacial score (nSPS) is 10.4. The number of hydrogen-bond acceptors (Lipinski definition) is 4. The summed E-state index contributed by atoms with van der Waals surface area (Å²) in [5, 5.41) is 12.3. The lowest BCUT2D eigenvalue weighted by Crippen LogP contribution is -1.95. The Hall–Kier alpha value is -2.11. The lowest BCUT2D eigenvalue weighted by atomic mass is 10.5. The van der Waals surface area contributed by atoms with E-state index in [1.807, 2.05) is 0 Å². The predicted molar refractivity (Wildman–Crippen MR) is 45.3 cm³/mol. The molecule has 1 N–H and O–H groups in total. The van der Waals surface area contributed by atoms with E-state index in [-0.39, 0.29) is 5.69 Å². The van der Waals surface area contributed by atoms with Crippen LogP contribution in [0, 0.1) is 6.92 Å². The molecule has 0 amide bonds. The Bertz CT molecular complexity index is 472. The zero-order chi connectivity index (χ0) is 10.1. The van der Waals surface area contributed by atoms with Gasteiger partial charge in [0.25, 0.3) is 0 Å². The van der Waals surface area contributed by atoms with E-state index in [1.165, 1.54) is 17.1 Å². The van der Waals surface area contributed by atoms with Crippen molar-refractivity contribution in [2.24, 2.45) is 0 Å². The molecule has 2 aromatic heterocycles. The number of carbonyl (C=O) groups is 1. The minimum absolute atomic E-state index is 0.0225. The van der Waals surface area contributed by atoms with Gasteiger partial charge in [0.15, 0.2) is 11.5 Å². The molecule has 2 heterocycles. The van der Waals surface area contributed by atoms with Crippen LogP contribution in [0.5, 0.6) is 0 Å². The van der Waals surface area contributed by atoms with E-state index in [2.05, 4.69) is 10.1 Å². The van der Waals surface area contributed by atoms with Crippen molar-refractivity contribution in [1.29, 1.82) is 0 Å². The Morgan fingerprint density at radius 1 is 1.64 bits per heavy atom. The Labute approximate surface area is 78.8 Å². The predicted octanol–water partition coefficient (Wildman–Crippen LogP) is 0.867. The molecule has 0 aliphatic heterocycles. The highest BCUT2D eigenvalue weighted by Crippen LogP contribution is 2.08. The zero-order valence-corrected chi connectivity index (χ0v) is 7.34. The fraction of sp³-hybridized carbons (Fsp3) is 0.125. The van der Waals surface area contributed by atoms with E-state index in [4.69, 9.17) is 9.63 Å². The summed E-state index contributed by atoms with van der Waals surface area (Å²) in [7, 11) is 0. The summed E-state index contributed by atoms with van der Waals surface area (Å²) < 4.78 is 6.33. The first-order chi connectivity index (χ1) is 6.66. The highest BCUT2D eigenvalue weighted by atomic mass is 16.5. The monoisotopic (exact) mass is 193 g/mol. The molecule has 72 valence electrons. The second-order valence-electron chi connectivity index (χ2n) is 2.77. The number of hydrogen-bond donors (Lipinski definition) is 1. The Morgan fingerprint density at radius 2 is 2.43 bits per heavy atom. The molecule has 6 heteroatoms. The highest BCUT2D eigenvalue weighted by molar-refractivity contribution is 5.85. The molecular weight excluding hydrogens is 186 g/mol. The summed E-state index contributed by atoms with van der Waals surface area (Å²) in [4.78, 5) is 14.2. The molecule has 0 fully saturated rings. The highest BCUT2D eigenvalue weighted by Gasteiger charge is 2.09. The van der Waals surface area contributed by atoms with Crippen LogP contribution in [0.1, 0.15) is 16.2 Å². The van der Waals surface area contributed by atoms with E-state index < -0.39 is 5.97 Å². The Morgan fingerprint density at radius 3 is 2.93 bits per heavy atom. The zero-order valence-electron chi connectivity index (χ0n) is 7.34. The number of aryl methyl sites for hydroxylation is 1. The molecule has 0 unspecified atom stereocenters. The van der Waals surface area contributed by atoms with Crippen LogP contribution >= 0.6 is 0 Å². The standard InChI is InChI=1S/C8H7N3O3/c1-5-2-7(10-14-5)11-3-6(8(12)13)9-4-11/h2-4H,1H3,(H,12,13). The van der Waals surface area contributed by atoms with Gasteiger partial charge in [-0.15, -0.1) is 0 Å². The number of carboxylic acid groups (broad SMARTS) is 1. The lowest BCUT2D eigenvalue weighted by molar-refractivity contribution is 0.0691. The summed E-state index contributed by atoms with van der Waals surface area (Å²) in [5.41, 5.74) is -0.0225. The number of rotatable bonds is 2. The van der Waals surface area contributed by atoms with Crippen LogP contribution in [0.15, 0.2) is 23.1 Å². The fourth-order valence-corrected chi connectivity index (χ4v) is 1.03. The maximum Gasteiger partial charge on any atom is 0.356 e. The molecular formula is C8H7N3O3. The van der Waals surface area contributed by atoms with Gasteiger partial charge in [0.05, 0.1) is 0 Å². The van der Waals surface area contributed by atoms with Crippen LogP contribution in [0.2, 0.25) is 0 Å². The van der Waals surface area contributed by atoms with Crippen LogP contribution in [0.4, 0.5) is 0 Å². The van der Waals surface area contributed by atoms with E-state index in [9.17, 15) is 4.79 Å². The van der Waals surface area contributed by atoms with Crippen molar-refractivity contribution in [2.45, 2.75) is 6.92 Å². The molecule has 2 aromatic rings. The third-order valence-corrected chi connectivity index (χ3v) is 1.68. The van der Waals surface area contributed by atoms with Crippen LogP contribution < -0.4 is 0 Å². The summed E-state index contributed by atoms with van der Waals surface area (Å²) in [6.45, 7) is 1.76. The molecule has 0 saturated carbocycles. The van der Waals surface area contributed by atoms with Crippen molar-refractivity contribution >= 4 is 5.97 Å². The van der Waals surface area contributed by atoms with Gasteiger partial charge >= 0.3 is 5.97 Å². The molecule has 0 aliphatic rings. The molecule has 0 atom stereocenters. The smallest absolute Gasteiger partial charge is 0.356 e. The van der Waals surface area contributed by atoms with Crippen molar-refractivity contribution in [3.63, 3.8) is 0 Å². The molecule has 2 rings (SSSR count). The third kappa shape index (κ3) is 1.37. The van der Waals surface area contributed by atoms with Gasteiger partial charge in [-0.2, -0.15) is 0 Å². The first kappa shape index (κ1) is 8.49. The van der Waals surface area contributed by atoms with Crippen LogP contribution in [0.3, 0.4) is 0 Å². The fourth-order valence-electron chi connectivity index (χ4n) is 1.03. The Balaban J connectivity index is 2.38. The molecule has 0 bridgehead atoms. The maximum atomic E-state index is 10.5. The summed E-state index contributed by atoms with van der Waals surface area (Å²) in [5.74, 6) is 0.108. The number of carboxylic acids is 1. The lowest BCUT2D eigenvalue weighted by Gasteiger charge is -1.90. The SMILES string of the molecule is Cc1cc(-n2cnc(C(=O)O)c2)no1. The summed E-state index contributed by atoms with van der Waals surface area (Å²) >= 11 is 0. The number of imidazole rings is 1. The third-order valence-electron chi connectivity index (χ3n) is 1.68. The minimum Gasteiger partial charge on any atom is -0.476 e. The van der Waals surface area contributed by atoms with Gasteiger partial charge in [-0.3, -0.25) is 4.57 Å². The van der Waals surface area contributed by atoms with Gasteiger partial charge in [0.2, 0.25) is 0 Å². The summed E-state index contributed by atoms with van der Waals surface area (Å²) in [6.07, 6.45) is 2.75. The van der Waals surface area contributed by atoms with Gasteiger partial charge < -0.3 is 9.63 Å². The summed E-state index contributed by atoms with van der Waals surface area (Å²) in [6, 6.07) is 1.69. The van der Waals surface area contributed by atoms with Crippen LogP contribution in [-0.4, -0.2) is 25.8 Å². The number of nitrogens with zero attached hydrogens (tertiary/aromatic N) is 3. The van der Waals surface area contributed by atoms with Crippen molar-refractivity contribution in [3.05, 3.63) is 30.0 Å². The molecule has 0 aliphatic carbocycles. The minimum atomic E-state index is -1.07. The average molecular weight is 193 g/mol. The van der Waals surface area contributed by atoms with Crippen molar-refractivity contribution in [3.8, 4) is 5.82 Å². The largest absolute Gasteiger partial charge is 0.476 e. The van der Waals surface area contributed by atoms with Gasteiger partial charge in [0.1, 0.15) is 12.1 Å². The molecule has 0 saturated heterocycles. The second kappa shape index (κ2) is 2.99. The first-order valence-corrected chi connectivity index (χ1v) is 3.88. The van der Waals surface area contributed by atoms with Crippen molar-refractivity contribution in [1.82, 2.24) is 14.7 Å². The van der Waals surface area contributed by atoms with Crippen molar-refractivity contribution < 1.29 is 14.4 Å². The van der Waals surface area contributed by atoms with Gasteiger partial charge in [0, 0.05) is 12.3 Å². The van der Waals surface area contributed by atoms with Gasteiger partial charge in [-0.05, 0) is 6.92 Å². The molecule has 0 radical (unpaired) electrons. The average Bonchev–Trinajstić information content (AvgIpc) is 2.70. The van der Waals surface area contributed by atoms with Crippen LogP contribution in [0.25, 0.3) is 5.82 Å². The maximum absolute atomic E-state index is 10.5. The van der Waals surface area contributed by atoms with Crippen molar-refractivity contribution in [2.75, 3.05) is 0 Å². The quantitative estimate of drug-likeness (QED) is 0.765. The van der Waals surface area contributed by atoms with E-state index in [0.717, 1.165) is 0 Å². The number of aromatic nitrogens is 3. The molecule has 0 aromatic carbocycles. The van der Waals surface area contributed by atoms with E-state index >= 15 is 0 Å². The van der Waals surface area contributed by atoms with E-state index in [0.29, 0.717) is 11.6 Å². The van der Waals surface area contributed by atoms with Gasteiger partial charge in [-0.1, -0.05) is 5.16 Å².